The first kappa shape index (κ1) is 18.0. The normalized spacial score (nSPS) is 13.4. The second kappa shape index (κ2) is 8.37. The van der Waals surface area contributed by atoms with Crippen LogP contribution in [0, 0.1) is 0 Å². The average Bonchev–Trinajstić information content (AvgIpc) is 2.33. The van der Waals surface area contributed by atoms with Gasteiger partial charge >= 0.3 is 0 Å². The summed E-state index contributed by atoms with van der Waals surface area (Å²) in [6, 6.07) is 4.68. The van der Waals surface area contributed by atoms with Crippen LogP contribution in [0.15, 0.2) is 27.6 Å². The summed E-state index contributed by atoms with van der Waals surface area (Å²) >= 11 is 9.26. The van der Waals surface area contributed by atoms with E-state index in [2.05, 4.69) is 27.6 Å². The van der Waals surface area contributed by atoms with E-state index in [4.69, 9.17) is 11.6 Å². The number of halogens is 2. The monoisotopic (exact) mass is 381 g/mol. The van der Waals surface area contributed by atoms with Crippen molar-refractivity contribution in [1.82, 2.24) is 4.72 Å². The zero-order valence-corrected chi connectivity index (χ0v) is 15.0. The van der Waals surface area contributed by atoms with Gasteiger partial charge in [0.05, 0.1) is 5.02 Å². The van der Waals surface area contributed by atoms with Gasteiger partial charge in [0.1, 0.15) is 4.90 Å². The van der Waals surface area contributed by atoms with Crippen molar-refractivity contribution < 1.29 is 8.42 Å². The Hall–Kier alpha value is -0.100. The van der Waals surface area contributed by atoms with Crippen molar-refractivity contribution in [3.8, 4) is 0 Å². The molecule has 1 aromatic carbocycles. The van der Waals surface area contributed by atoms with Crippen molar-refractivity contribution >= 4 is 37.6 Å². The summed E-state index contributed by atoms with van der Waals surface area (Å²) in [4.78, 5) is 0.128. The van der Waals surface area contributed by atoms with Crippen molar-refractivity contribution in [3.05, 3.63) is 27.7 Å². The Morgan fingerprint density at radius 3 is 2.60 bits per heavy atom. The fourth-order valence-corrected chi connectivity index (χ4v) is 4.27. The highest BCUT2D eigenvalue weighted by Gasteiger charge is 2.20. The van der Waals surface area contributed by atoms with Gasteiger partial charge in [0.2, 0.25) is 10.0 Å². The molecule has 0 amide bonds. The lowest BCUT2D eigenvalue weighted by molar-refractivity contribution is 0.522. The molecule has 1 rings (SSSR count). The molecule has 0 aliphatic carbocycles. The largest absolute Gasteiger partial charge is 0.242 e. The standard InChI is InChI=1S/C14H21BrClNO2S/c1-3-4-5-6-7-11(2)17-20(18,19)14-9-8-12(15)10-13(14)16/h8-11,17H,3-7H2,1-2H3. The maximum atomic E-state index is 12.3. The van der Waals surface area contributed by atoms with Crippen LogP contribution in [0.25, 0.3) is 0 Å². The molecule has 0 spiro atoms. The van der Waals surface area contributed by atoms with Crippen LogP contribution in [-0.2, 0) is 10.0 Å². The van der Waals surface area contributed by atoms with Crippen LogP contribution in [0.5, 0.6) is 0 Å². The molecule has 0 aliphatic heterocycles. The molecule has 1 unspecified atom stereocenters. The van der Waals surface area contributed by atoms with Gasteiger partial charge < -0.3 is 0 Å². The first-order chi connectivity index (χ1) is 9.36. The Kier molecular flexibility index (Phi) is 7.51. The van der Waals surface area contributed by atoms with Gasteiger partial charge in [-0.15, -0.1) is 0 Å². The molecule has 1 atom stereocenters. The third-order valence-corrected chi connectivity index (χ3v) is 5.60. The maximum Gasteiger partial charge on any atom is 0.242 e. The van der Waals surface area contributed by atoms with E-state index in [-0.39, 0.29) is 16.0 Å². The van der Waals surface area contributed by atoms with Crippen molar-refractivity contribution in [2.24, 2.45) is 0 Å². The van der Waals surface area contributed by atoms with Crippen molar-refractivity contribution in [2.45, 2.75) is 56.9 Å². The molecule has 114 valence electrons. The summed E-state index contributed by atoms with van der Waals surface area (Å²) < 4.78 is 27.9. The van der Waals surface area contributed by atoms with Gasteiger partial charge in [-0.2, -0.15) is 0 Å². The first-order valence-corrected chi connectivity index (χ1v) is 9.49. The minimum atomic E-state index is -3.55. The number of hydrogen-bond donors (Lipinski definition) is 1. The van der Waals surface area contributed by atoms with Gasteiger partial charge in [-0.1, -0.05) is 60.1 Å². The van der Waals surface area contributed by atoms with Crippen LogP contribution in [-0.4, -0.2) is 14.5 Å². The Morgan fingerprint density at radius 2 is 2.00 bits per heavy atom. The van der Waals surface area contributed by atoms with Gasteiger partial charge in [-0.3, -0.25) is 0 Å². The molecular formula is C14H21BrClNO2S. The molecule has 0 bridgehead atoms. The molecule has 3 nitrogen and oxygen atoms in total. The second-order valence-electron chi connectivity index (χ2n) is 4.95. The van der Waals surface area contributed by atoms with Crippen LogP contribution >= 0.6 is 27.5 Å². The Labute approximate surface area is 135 Å². The summed E-state index contributed by atoms with van der Waals surface area (Å²) in [7, 11) is -3.55. The summed E-state index contributed by atoms with van der Waals surface area (Å²) in [5.74, 6) is 0. The highest BCUT2D eigenvalue weighted by Crippen LogP contribution is 2.25. The summed E-state index contributed by atoms with van der Waals surface area (Å²) in [6.45, 7) is 4.04. The van der Waals surface area contributed by atoms with E-state index in [1.807, 2.05) is 6.92 Å². The number of sulfonamides is 1. The van der Waals surface area contributed by atoms with Gasteiger partial charge in [-0.05, 0) is 31.5 Å². The smallest absolute Gasteiger partial charge is 0.208 e. The maximum absolute atomic E-state index is 12.3. The quantitative estimate of drug-likeness (QED) is 0.660. The number of hydrogen-bond acceptors (Lipinski definition) is 2. The lowest BCUT2D eigenvalue weighted by Crippen LogP contribution is -2.32. The van der Waals surface area contributed by atoms with Crippen molar-refractivity contribution in [2.75, 3.05) is 0 Å². The Balaban J connectivity index is 2.65. The molecule has 1 aromatic rings. The van der Waals surface area contributed by atoms with Crippen LogP contribution in [0.3, 0.4) is 0 Å². The van der Waals surface area contributed by atoms with Crippen LogP contribution in [0.2, 0.25) is 5.02 Å². The van der Waals surface area contributed by atoms with Crippen LogP contribution in [0.1, 0.15) is 46.0 Å². The van der Waals surface area contributed by atoms with Crippen LogP contribution < -0.4 is 4.72 Å². The summed E-state index contributed by atoms with van der Waals surface area (Å²) in [6.07, 6.45) is 5.38. The Morgan fingerprint density at radius 1 is 1.30 bits per heavy atom. The molecule has 0 saturated heterocycles. The van der Waals surface area contributed by atoms with E-state index in [1.165, 1.54) is 18.9 Å². The fraction of sp³-hybridized carbons (Fsp3) is 0.571. The van der Waals surface area contributed by atoms with Gasteiger partial charge in [0.25, 0.3) is 0 Å². The fourth-order valence-electron chi connectivity index (χ4n) is 1.96. The molecule has 0 heterocycles. The third-order valence-electron chi connectivity index (χ3n) is 3.03. The third kappa shape index (κ3) is 5.72. The van der Waals surface area contributed by atoms with E-state index in [0.717, 1.165) is 23.7 Å². The Bertz CT molecular complexity index is 534. The lowest BCUT2D eigenvalue weighted by Gasteiger charge is -2.15. The van der Waals surface area contributed by atoms with Crippen molar-refractivity contribution in [3.63, 3.8) is 0 Å². The molecule has 6 heteroatoms. The lowest BCUT2D eigenvalue weighted by atomic mass is 10.1. The number of unbranched alkanes of at least 4 members (excludes halogenated alkanes) is 3. The number of benzene rings is 1. The van der Waals surface area contributed by atoms with E-state index in [0.29, 0.717) is 0 Å². The van der Waals surface area contributed by atoms with Gasteiger partial charge in [-0.25, -0.2) is 13.1 Å². The van der Waals surface area contributed by atoms with E-state index in [1.54, 1.807) is 12.1 Å². The van der Waals surface area contributed by atoms with Crippen molar-refractivity contribution in [1.29, 1.82) is 0 Å². The highest BCUT2D eigenvalue weighted by atomic mass is 79.9. The molecule has 0 fully saturated rings. The molecule has 0 saturated carbocycles. The predicted octanol–water partition coefficient (Wildman–Crippen LogP) is 4.74. The molecular weight excluding hydrogens is 362 g/mol. The molecule has 0 radical (unpaired) electrons. The highest BCUT2D eigenvalue weighted by molar-refractivity contribution is 9.10. The summed E-state index contributed by atoms with van der Waals surface area (Å²) in [5, 5.41) is 0.227. The topological polar surface area (TPSA) is 46.2 Å². The average molecular weight is 383 g/mol. The molecule has 0 aliphatic rings. The molecule has 0 aromatic heterocycles. The zero-order valence-electron chi connectivity index (χ0n) is 11.8. The van der Waals surface area contributed by atoms with E-state index >= 15 is 0 Å². The minimum absolute atomic E-state index is 0.0865. The molecule has 1 N–H and O–H groups in total. The van der Waals surface area contributed by atoms with Crippen LogP contribution in [0.4, 0.5) is 0 Å². The van der Waals surface area contributed by atoms with E-state index < -0.39 is 10.0 Å². The zero-order chi connectivity index (χ0) is 15.2. The number of nitrogens with one attached hydrogen (secondary N) is 1. The SMILES string of the molecule is CCCCCCC(C)NS(=O)(=O)c1ccc(Br)cc1Cl. The summed E-state index contributed by atoms with van der Waals surface area (Å²) in [5.41, 5.74) is 0. The number of rotatable bonds is 8. The minimum Gasteiger partial charge on any atom is -0.208 e. The molecule has 20 heavy (non-hydrogen) atoms. The second-order valence-corrected chi connectivity index (χ2v) is 7.95. The first-order valence-electron chi connectivity index (χ1n) is 6.84. The predicted molar refractivity (Wildman–Crippen MR) is 87.7 cm³/mol. The van der Waals surface area contributed by atoms with Gasteiger partial charge in [0, 0.05) is 10.5 Å². The van der Waals surface area contributed by atoms with Gasteiger partial charge in [0.15, 0.2) is 0 Å². The van der Waals surface area contributed by atoms with E-state index in [9.17, 15) is 8.42 Å².